The SMILES string of the molecule is CCOC(=O)c1c(C2CC2)csc1NS(=O)(=O)CCl. The number of nitrogens with one attached hydrogen (secondary N) is 1. The van der Waals surface area contributed by atoms with Crippen molar-refractivity contribution in [3.8, 4) is 0 Å². The molecule has 106 valence electrons. The molecule has 0 aliphatic heterocycles. The largest absolute Gasteiger partial charge is 0.462 e. The molecule has 1 aliphatic carbocycles. The summed E-state index contributed by atoms with van der Waals surface area (Å²) in [6, 6.07) is 0. The molecule has 0 bridgehead atoms. The molecule has 1 saturated carbocycles. The fourth-order valence-corrected chi connectivity index (χ4v) is 3.77. The van der Waals surface area contributed by atoms with Crippen molar-refractivity contribution in [2.24, 2.45) is 0 Å². The molecule has 19 heavy (non-hydrogen) atoms. The van der Waals surface area contributed by atoms with Gasteiger partial charge in [-0.25, -0.2) is 13.2 Å². The van der Waals surface area contributed by atoms with Crippen molar-refractivity contribution in [3.05, 3.63) is 16.5 Å². The van der Waals surface area contributed by atoms with Crippen LogP contribution in [0, 0.1) is 0 Å². The number of hydrogen-bond donors (Lipinski definition) is 1. The maximum atomic E-state index is 12.0. The topological polar surface area (TPSA) is 72.5 Å². The van der Waals surface area contributed by atoms with E-state index in [0.29, 0.717) is 16.5 Å². The predicted octanol–water partition coefficient (Wildman–Crippen LogP) is 2.74. The Hall–Kier alpha value is -0.790. The van der Waals surface area contributed by atoms with Crippen molar-refractivity contribution in [3.63, 3.8) is 0 Å². The highest BCUT2D eigenvalue weighted by Crippen LogP contribution is 2.46. The lowest BCUT2D eigenvalue weighted by molar-refractivity contribution is 0.0527. The number of halogens is 1. The van der Waals surface area contributed by atoms with E-state index in [4.69, 9.17) is 16.3 Å². The molecule has 0 amide bonds. The molecule has 8 heteroatoms. The number of hydrogen-bond acceptors (Lipinski definition) is 5. The Balaban J connectivity index is 2.35. The summed E-state index contributed by atoms with van der Waals surface area (Å²) < 4.78 is 30.3. The van der Waals surface area contributed by atoms with E-state index < -0.39 is 21.2 Å². The summed E-state index contributed by atoms with van der Waals surface area (Å²) in [6.45, 7) is 1.96. The van der Waals surface area contributed by atoms with Gasteiger partial charge in [-0.3, -0.25) is 4.72 Å². The zero-order chi connectivity index (χ0) is 14.0. The van der Waals surface area contributed by atoms with Crippen LogP contribution >= 0.6 is 22.9 Å². The second-order valence-electron chi connectivity index (χ2n) is 4.22. The van der Waals surface area contributed by atoms with Gasteiger partial charge < -0.3 is 4.74 Å². The quantitative estimate of drug-likeness (QED) is 0.645. The van der Waals surface area contributed by atoms with Crippen molar-refractivity contribution in [2.45, 2.75) is 25.7 Å². The van der Waals surface area contributed by atoms with E-state index in [9.17, 15) is 13.2 Å². The third kappa shape index (κ3) is 3.40. The van der Waals surface area contributed by atoms with E-state index in [1.54, 1.807) is 6.92 Å². The van der Waals surface area contributed by atoms with Crippen LogP contribution < -0.4 is 4.72 Å². The van der Waals surface area contributed by atoms with Crippen LogP contribution in [0.15, 0.2) is 5.38 Å². The number of rotatable bonds is 6. The van der Waals surface area contributed by atoms with Gasteiger partial charge in [0.05, 0.1) is 12.2 Å². The first-order valence-electron chi connectivity index (χ1n) is 5.83. The van der Waals surface area contributed by atoms with Gasteiger partial charge in [0.25, 0.3) is 0 Å². The minimum atomic E-state index is -3.62. The molecule has 0 spiro atoms. The van der Waals surface area contributed by atoms with Gasteiger partial charge in [0.1, 0.15) is 10.2 Å². The lowest BCUT2D eigenvalue weighted by Gasteiger charge is -2.08. The Labute approximate surface area is 121 Å². The normalized spacial score (nSPS) is 15.3. The Morgan fingerprint density at radius 3 is 2.79 bits per heavy atom. The maximum Gasteiger partial charge on any atom is 0.341 e. The highest BCUT2D eigenvalue weighted by atomic mass is 35.5. The third-order valence-electron chi connectivity index (χ3n) is 2.71. The van der Waals surface area contributed by atoms with Gasteiger partial charge in [-0.15, -0.1) is 22.9 Å². The van der Waals surface area contributed by atoms with Crippen LogP contribution in [0.4, 0.5) is 5.00 Å². The molecule has 0 aromatic carbocycles. The number of sulfonamides is 1. The van der Waals surface area contributed by atoms with E-state index in [2.05, 4.69) is 4.72 Å². The first-order chi connectivity index (χ1) is 8.98. The standard InChI is InChI=1S/C11H14ClNO4S2/c1-2-17-11(14)9-8(7-3-4-7)5-18-10(9)13-19(15,16)6-12/h5,7,13H,2-4,6H2,1H3. The van der Waals surface area contributed by atoms with Crippen molar-refractivity contribution in [1.29, 1.82) is 0 Å². The van der Waals surface area contributed by atoms with Crippen LogP contribution in [0.25, 0.3) is 0 Å². The zero-order valence-electron chi connectivity index (χ0n) is 10.3. The highest BCUT2D eigenvalue weighted by Gasteiger charge is 2.32. The van der Waals surface area contributed by atoms with Gasteiger partial charge in [0.15, 0.2) is 0 Å². The Morgan fingerprint density at radius 1 is 1.58 bits per heavy atom. The second-order valence-corrected chi connectivity index (χ2v) is 7.40. The molecule has 1 aromatic rings. The third-order valence-corrected chi connectivity index (χ3v) is 5.42. The molecular formula is C11H14ClNO4S2. The van der Waals surface area contributed by atoms with Gasteiger partial charge >= 0.3 is 5.97 Å². The molecule has 0 saturated heterocycles. The Morgan fingerprint density at radius 2 is 2.26 bits per heavy atom. The van der Waals surface area contributed by atoms with Gasteiger partial charge in [-0.2, -0.15) is 0 Å². The fourth-order valence-electron chi connectivity index (χ4n) is 1.72. The molecule has 1 aromatic heterocycles. The van der Waals surface area contributed by atoms with Crippen LogP contribution in [0.2, 0.25) is 0 Å². The molecule has 0 atom stereocenters. The molecule has 1 fully saturated rings. The lowest BCUT2D eigenvalue weighted by Crippen LogP contribution is -2.16. The highest BCUT2D eigenvalue weighted by molar-refractivity contribution is 7.94. The van der Waals surface area contributed by atoms with Gasteiger partial charge in [-0.1, -0.05) is 0 Å². The van der Waals surface area contributed by atoms with E-state index in [-0.39, 0.29) is 6.61 Å². The minimum absolute atomic E-state index is 0.250. The van der Waals surface area contributed by atoms with Crippen LogP contribution in [0.1, 0.15) is 41.6 Å². The van der Waals surface area contributed by atoms with E-state index in [1.165, 1.54) is 11.3 Å². The number of thiophene rings is 1. The summed E-state index contributed by atoms with van der Waals surface area (Å²) in [7, 11) is -3.62. The van der Waals surface area contributed by atoms with E-state index in [0.717, 1.165) is 18.4 Å². The van der Waals surface area contributed by atoms with Gasteiger partial charge in [-0.05, 0) is 36.6 Å². The smallest absolute Gasteiger partial charge is 0.341 e. The number of anilines is 1. The van der Waals surface area contributed by atoms with Crippen LogP contribution in [0.5, 0.6) is 0 Å². The molecule has 5 nitrogen and oxygen atoms in total. The summed E-state index contributed by atoms with van der Waals surface area (Å²) in [6.07, 6.45) is 2.04. The molecule has 0 unspecified atom stereocenters. The fraction of sp³-hybridized carbons (Fsp3) is 0.545. The van der Waals surface area contributed by atoms with Crippen molar-refractivity contribution >= 4 is 43.9 Å². The summed E-state index contributed by atoms with van der Waals surface area (Å²) in [5.41, 5.74) is 1.21. The molecule has 1 heterocycles. The summed E-state index contributed by atoms with van der Waals surface area (Å²) in [5, 5.41) is 1.56. The lowest BCUT2D eigenvalue weighted by atomic mass is 10.1. The summed E-state index contributed by atoms with van der Waals surface area (Å²) in [5.74, 6) is -0.150. The minimum Gasteiger partial charge on any atom is -0.462 e. The molecular weight excluding hydrogens is 310 g/mol. The second kappa shape index (κ2) is 5.68. The van der Waals surface area contributed by atoms with Gasteiger partial charge in [0, 0.05) is 0 Å². The van der Waals surface area contributed by atoms with E-state index in [1.807, 2.05) is 5.38 Å². The molecule has 0 radical (unpaired) electrons. The number of alkyl halides is 1. The monoisotopic (exact) mass is 323 g/mol. The number of ether oxygens (including phenoxy) is 1. The van der Waals surface area contributed by atoms with Crippen LogP contribution in [-0.4, -0.2) is 26.2 Å². The number of esters is 1. The summed E-state index contributed by atoms with van der Waals surface area (Å²) in [4.78, 5) is 12.0. The van der Waals surface area contributed by atoms with E-state index >= 15 is 0 Å². The predicted molar refractivity (Wildman–Crippen MR) is 75.5 cm³/mol. The van der Waals surface area contributed by atoms with Crippen LogP contribution in [0.3, 0.4) is 0 Å². The van der Waals surface area contributed by atoms with Crippen molar-refractivity contribution in [2.75, 3.05) is 16.5 Å². The zero-order valence-corrected chi connectivity index (χ0v) is 12.7. The molecule has 2 rings (SSSR count). The van der Waals surface area contributed by atoms with Crippen molar-refractivity contribution in [1.82, 2.24) is 0 Å². The van der Waals surface area contributed by atoms with Crippen molar-refractivity contribution < 1.29 is 17.9 Å². The first-order valence-corrected chi connectivity index (χ1v) is 8.90. The summed E-state index contributed by atoms with van der Waals surface area (Å²) >= 11 is 6.55. The maximum absolute atomic E-state index is 12.0. The number of carbonyl (C=O) groups excluding carboxylic acids is 1. The average Bonchev–Trinajstić information content (AvgIpc) is 3.11. The molecule has 1 aliphatic rings. The Kier molecular flexibility index (Phi) is 4.37. The number of carbonyl (C=O) groups is 1. The first kappa shape index (κ1) is 14.6. The van der Waals surface area contributed by atoms with Gasteiger partial charge in [0.2, 0.25) is 10.0 Å². The molecule has 1 N–H and O–H groups in total. The average molecular weight is 324 g/mol. The Bertz CT molecular complexity index is 578. The van der Waals surface area contributed by atoms with Crippen LogP contribution in [-0.2, 0) is 14.8 Å².